The molecule has 0 aliphatic carbocycles. The van der Waals surface area contributed by atoms with Crippen LogP contribution in [0.15, 0.2) is 35.2 Å². The second kappa shape index (κ2) is 11.8. The van der Waals surface area contributed by atoms with Crippen LogP contribution in [0.2, 0.25) is 0 Å². The Morgan fingerprint density at radius 3 is 2.03 bits per heavy atom. The number of piperazine rings is 1. The van der Waals surface area contributed by atoms with E-state index in [1.165, 1.54) is 4.31 Å². The van der Waals surface area contributed by atoms with Gasteiger partial charge in [0.05, 0.1) is 31.9 Å². The summed E-state index contributed by atoms with van der Waals surface area (Å²) in [4.78, 5) is 17.1. The molecule has 2 heterocycles. The minimum Gasteiger partial charge on any atom is -0.495 e. The number of carbonyl (C=O) groups is 1. The van der Waals surface area contributed by atoms with Crippen molar-refractivity contribution in [2.75, 3.05) is 59.0 Å². The van der Waals surface area contributed by atoms with Crippen LogP contribution in [0.4, 0.5) is 5.69 Å². The summed E-state index contributed by atoms with van der Waals surface area (Å²) in [5.74, 6) is 2.10. The van der Waals surface area contributed by atoms with Crippen LogP contribution in [0, 0.1) is 5.92 Å². The first-order chi connectivity index (χ1) is 18.3. The van der Waals surface area contributed by atoms with Gasteiger partial charge in [-0.2, -0.15) is 4.31 Å². The topological polar surface area (TPSA) is 88.6 Å². The number of hydrogen-bond donors (Lipinski definition) is 0. The highest BCUT2D eigenvalue weighted by atomic mass is 32.2. The Balaban J connectivity index is 1.55. The second-order valence-corrected chi connectivity index (χ2v) is 11.7. The van der Waals surface area contributed by atoms with Crippen LogP contribution < -0.4 is 19.1 Å². The Morgan fingerprint density at radius 2 is 1.45 bits per heavy atom. The van der Waals surface area contributed by atoms with Gasteiger partial charge >= 0.3 is 0 Å². The largest absolute Gasteiger partial charge is 0.495 e. The number of benzene rings is 2. The molecule has 0 N–H and O–H groups in total. The molecule has 0 bridgehead atoms. The van der Waals surface area contributed by atoms with Crippen molar-refractivity contribution in [3.8, 4) is 17.2 Å². The Hall–Kier alpha value is -2.98. The highest BCUT2D eigenvalue weighted by molar-refractivity contribution is 7.89. The first-order valence-corrected chi connectivity index (χ1v) is 14.7. The van der Waals surface area contributed by atoms with Crippen molar-refractivity contribution in [1.82, 2.24) is 9.21 Å². The number of amides is 1. The van der Waals surface area contributed by atoms with Crippen molar-refractivity contribution in [2.24, 2.45) is 5.92 Å². The Kier molecular flexibility index (Phi) is 8.72. The fraction of sp³-hybridized carbons (Fsp3) is 0.536. The standard InChI is InChI=1S/C28H39N3O6S/c1-6-20(7-2)28(32)30-14-12-29(13-15-30)24-18-23(8-9-25(24)35-3)38(33,34)31-11-10-21-16-26(36-4)27(37-5)17-22(21)19-31/h8-9,16-18,20H,6-7,10-15,19H2,1-5H3. The van der Waals surface area contributed by atoms with E-state index in [0.717, 1.165) is 29.7 Å². The maximum atomic E-state index is 13.7. The lowest BCUT2D eigenvalue weighted by molar-refractivity contribution is -0.136. The fourth-order valence-electron chi connectivity index (χ4n) is 5.35. The molecule has 4 rings (SSSR count). The molecule has 208 valence electrons. The summed E-state index contributed by atoms with van der Waals surface area (Å²) in [5, 5.41) is 0. The fourth-order valence-corrected chi connectivity index (χ4v) is 6.79. The van der Waals surface area contributed by atoms with Crippen molar-refractivity contribution in [2.45, 2.75) is 44.6 Å². The van der Waals surface area contributed by atoms with Gasteiger partial charge < -0.3 is 24.0 Å². The molecular formula is C28H39N3O6S. The number of anilines is 1. The third-order valence-electron chi connectivity index (χ3n) is 7.74. The molecule has 0 spiro atoms. The molecule has 2 aromatic rings. The minimum absolute atomic E-state index is 0.0558. The van der Waals surface area contributed by atoms with E-state index < -0.39 is 10.0 Å². The first kappa shape index (κ1) is 28.0. The number of sulfonamides is 1. The molecule has 2 aliphatic heterocycles. The summed E-state index contributed by atoms with van der Waals surface area (Å²) >= 11 is 0. The van der Waals surface area contributed by atoms with Gasteiger partial charge in [0.25, 0.3) is 0 Å². The quantitative estimate of drug-likeness (QED) is 0.476. The molecule has 38 heavy (non-hydrogen) atoms. The highest BCUT2D eigenvalue weighted by Crippen LogP contribution is 2.36. The molecule has 0 aromatic heterocycles. The maximum Gasteiger partial charge on any atom is 0.243 e. The van der Waals surface area contributed by atoms with Gasteiger partial charge in [0, 0.05) is 45.2 Å². The van der Waals surface area contributed by atoms with Crippen LogP contribution >= 0.6 is 0 Å². The van der Waals surface area contributed by atoms with E-state index >= 15 is 0 Å². The summed E-state index contributed by atoms with van der Waals surface area (Å²) in [6.45, 7) is 7.17. The van der Waals surface area contributed by atoms with E-state index in [9.17, 15) is 13.2 Å². The van der Waals surface area contributed by atoms with Gasteiger partial charge in [0.15, 0.2) is 11.5 Å². The molecule has 10 heteroatoms. The van der Waals surface area contributed by atoms with Gasteiger partial charge in [0.2, 0.25) is 15.9 Å². The summed E-state index contributed by atoms with van der Waals surface area (Å²) in [6.07, 6.45) is 2.26. The van der Waals surface area contributed by atoms with Gasteiger partial charge in [-0.25, -0.2) is 8.42 Å². The molecule has 0 radical (unpaired) electrons. The number of rotatable bonds is 9. The van der Waals surface area contributed by atoms with Crippen molar-refractivity contribution in [3.05, 3.63) is 41.5 Å². The zero-order valence-corrected chi connectivity index (χ0v) is 23.8. The molecular weight excluding hydrogens is 506 g/mol. The van der Waals surface area contributed by atoms with E-state index in [1.54, 1.807) is 39.5 Å². The van der Waals surface area contributed by atoms with Gasteiger partial charge in [-0.1, -0.05) is 13.8 Å². The molecule has 0 unspecified atom stereocenters. The smallest absolute Gasteiger partial charge is 0.243 e. The van der Waals surface area contributed by atoms with Crippen molar-refractivity contribution in [1.29, 1.82) is 0 Å². The summed E-state index contributed by atoms with van der Waals surface area (Å²) in [7, 11) is 0.997. The normalized spacial score (nSPS) is 16.4. The van der Waals surface area contributed by atoms with Crippen LogP contribution in [-0.4, -0.2) is 77.6 Å². The van der Waals surface area contributed by atoms with Crippen LogP contribution in [0.1, 0.15) is 37.8 Å². The molecule has 9 nitrogen and oxygen atoms in total. The third kappa shape index (κ3) is 5.42. The number of methoxy groups -OCH3 is 3. The molecule has 0 saturated carbocycles. The van der Waals surface area contributed by atoms with Crippen LogP contribution in [-0.2, 0) is 27.8 Å². The average Bonchev–Trinajstić information content (AvgIpc) is 2.96. The maximum absolute atomic E-state index is 13.7. The van der Waals surface area contributed by atoms with Crippen LogP contribution in [0.25, 0.3) is 0 Å². The number of fused-ring (bicyclic) bond motifs is 1. The number of carbonyl (C=O) groups excluding carboxylic acids is 1. The van der Waals surface area contributed by atoms with E-state index in [4.69, 9.17) is 14.2 Å². The predicted octanol–water partition coefficient (Wildman–Crippen LogP) is 3.54. The second-order valence-electron chi connectivity index (χ2n) is 9.72. The summed E-state index contributed by atoms with van der Waals surface area (Å²) in [6, 6.07) is 8.82. The monoisotopic (exact) mass is 545 g/mol. The first-order valence-electron chi connectivity index (χ1n) is 13.2. The highest BCUT2D eigenvalue weighted by Gasteiger charge is 2.32. The van der Waals surface area contributed by atoms with Crippen molar-refractivity contribution < 1.29 is 27.4 Å². The zero-order valence-electron chi connectivity index (χ0n) is 23.0. The van der Waals surface area contributed by atoms with Crippen LogP contribution in [0.3, 0.4) is 0 Å². The SMILES string of the molecule is CCC(CC)C(=O)N1CCN(c2cc(S(=O)(=O)N3CCc4cc(OC)c(OC)cc4C3)ccc2OC)CC1. The Bertz CT molecular complexity index is 1250. The lowest BCUT2D eigenvalue weighted by Crippen LogP contribution is -2.50. The molecule has 0 atom stereocenters. The minimum atomic E-state index is -3.75. The molecule has 1 amide bonds. The molecule has 1 saturated heterocycles. The Labute approximate surface area is 226 Å². The van der Waals surface area contributed by atoms with Gasteiger partial charge in [-0.15, -0.1) is 0 Å². The molecule has 2 aromatic carbocycles. The lowest BCUT2D eigenvalue weighted by Gasteiger charge is -2.38. The molecule has 2 aliphatic rings. The van der Waals surface area contributed by atoms with Crippen molar-refractivity contribution >= 4 is 21.6 Å². The van der Waals surface area contributed by atoms with E-state index in [-0.39, 0.29) is 23.3 Å². The van der Waals surface area contributed by atoms with Crippen LogP contribution in [0.5, 0.6) is 17.2 Å². The number of nitrogens with zero attached hydrogens (tertiary/aromatic N) is 3. The lowest BCUT2D eigenvalue weighted by atomic mass is 10.0. The van der Waals surface area contributed by atoms with Gasteiger partial charge in [-0.05, 0) is 60.7 Å². The Morgan fingerprint density at radius 1 is 0.842 bits per heavy atom. The van der Waals surface area contributed by atoms with E-state index in [2.05, 4.69) is 4.90 Å². The zero-order chi connectivity index (χ0) is 27.4. The summed E-state index contributed by atoms with van der Waals surface area (Å²) in [5.41, 5.74) is 2.70. The number of ether oxygens (including phenoxy) is 3. The predicted molar refractivity (Wildman–Crippen MR) is 147 cm³/mol. The van der Waals surface area contributed by atoms with E-state index in [0.29, 0.717) is 56.4 Å². The molecule has 1 fully saturated rings. The summed E-state index contributed by atoms with van der Waals surface area (Å²) < 4.78 is 45.4. The van der Waals surface area contributed by atoms with Gasteiger partial charge in [-0.3, -0.25) is 4.79 Å². The van der Waals surface area contributed by atoms with Crippen molar-refractivity contribution in [3.63, 3.8) is 0 Å². The van der Waals surface area contributed by atoms with E-state index in [1.807, 2.05) is 30.9 Å². The number of hydrogen-bond acceptors (Lipinski definition) is 7. The third-order valence-corrected chi connectivity index (χ3v) is 9.58. The average molecular weight is 546 g/mol. The van der Waals surface area contributed by atoms with Gasteiger partial charge in [0.1, 0.15) is 5.75 Å².